The smallest absolute Gasteiger partial charge is 0.321 e. The molecule has 0 aliphatic carbocycles. The standard InChI is InChI=1S/C18H26N2O6S/c1-9-10(2)16(11(3)12-8-18(4,5)26-15(9)12)27(24,25)20-13(17(22)23)6-7-14(19)21/h13,20H,6-8H2,1-5H3,(H2,19,21)(H,22,23)/t13-/m0/s1. The quantitative estimate of drug-likeness (QED) is 0.634. The van der Waals surface area contributed by atoms with E-state index in [9.17, 15) is 23.1 Å². The van der Waals surface area contributed by atoms with Crippen LogP contribution in [0.2, 0.25) is 0 Å². The van der Waals surface area contributed by atoms with Crippen molar-refractivity contribution >= 4 is 21.9 Å². The van der Waals surface area contributed by atoms with Gasteiger partial charge in [0, 0.05) is 18.4 Å². The van der Waals surface area contributed by atoms with Crippen LogP contribution < -0.4 is 15.2 Å². The molecule has 4 N–H and O–H groups in total. The zero-order valence-corrected chi connectivity index (χ0v) is 17.0. The molecule has 150 valence electrons. The number of carbonyl (C=O) groups excluding carboxylic acids is 1. The van der Waals surface area contributed by atoms with Crippen LogP contribution in [0.25, 0.3) is 0 Å². The van der Waals surface area contributed by atoms with Crippen LogP contribution >= 0.6 is 0 Å². The fourth-order valence-corrected chi connectivity index (χ4v) is 5.21. The number of primary amides is 1. The maximum absolute atomic E-state index is 13.0. The van der Waals surface area contributed by atoms with Crippen LogP contribution in [0.1, 0.15) is 48.9 Å². The fourth-order valence-electron chi connectivity index (χ4n) is 3.41. The predicted molar refractivity (Wildman–Crippen MR) is 99.2 cm³/mol. The van der Waals surface area contributed by atoms with Gasteiger partial charge in [0.05, 0.1) is 4.90 Å². The molecule has 0 fully saturated rings. The van der Waals surface area contributed by atoms with Crippen molar-refractivity contribution in [2.24, 2.45) is 5.73 Å². The summed E-state index contributed by atoms with van der Waals surface area (Å²) in [6.45, 7) is 9.01. The molecular weight excluding hydrogens is 372 g/mol. The lowest BCUT2D eigenvalue weighted by atomic mass is 9.94. The molecule has 0 bridgehead atoms. The average molecular weight is 398 g/mol. The van der Waals surface area contributed by atoms with Gasteiger partial charge in [-0.1, -0.05) is 0 Å². The third-order valence-corrected chi connectivity index (χ3v) is 6.58. The average Bonchev–Trinajstić information content (AvgIpc) is 2.85. The zero-order chi connectivity index (χ0) is 20.7. The molecule has 27 heavy (non-hydrogen) atoms. The number of fused-ring (bicyclic) bond motifs is 1. The minimum Gasteiger partial charge on any atom is -0.487 e. The molecule has 1 atom stereocenters. The van der Waals surface area contributed by atoms with E-state index in [1.807, 2.05) is 13.8 Å². The van der Waals surface area contributed by atoms with Crippen molar-refractivity contribution in [1.82, 2.24) is 4.72 Å². The lowest BCUT2D eigenvalue weighted by Crippen LogP contribution is -2.41. The maximum Gasteiger partial charge on any atom is 0.321 e. The van der Waals surface area contributed by atoms with Crippen LogP contribution in [0, 0.1) is 20.8 Å². The first-order valence-corrected chi connectivity index (χ1v) is 10.1. The number of nitrogens with two attached hydrogens (primary N) is 1. The third kappa shape index (κ3) is 4.24. The van der Waals surface area contributed by atoms with Crippen LogP contribution in [0.5, 0.6) is 5.75 Å². The molecule has 0 radical (unpaired) electrons. The highest BCUT2D eigenvalue weighted by Gasteiger charge is 2.37. The van der Waals surface area contributed by atoms with Gasteiger partial charge in [-0.05, 0) is 57.7 Å². The van der Waals surface area contributed by atoms with E-state index in [0.717, 1.165) is 5.56 Å². The van der Waals surface area contributed by atoms with Gasteiger partial charge in [-0.2, -0.15) is 4.72 Å². The molecule has 0 spiro atoms. The van der Waals surface area contributed by atoms with Gasteiger partial charge in [0.15, 0.2) is 0 Å². The van der Waals surface area contributed by atoms with Crippen molar-refractivity contribution in [2.45, 2.75) is 70.4 Å². The lowest BCUT2D eigenvalue weighted by molar-refractivity contribution is -0.139. The van der Waals surface area contributed by atoms with Crippen LogP contribution in [0.15, 0.2) is 4.90 Å². The van der Waals surface area contributed by atoms with E-state index < -0.39 is 33.5 Å². The summed E-state index contributed by atoms with van der Waals surface area (Å²) in [5.41, 5.74) is 7.19. The maximum atomic E-state index is 13.0. The summed E-state index contributed by atoms with van der Waals surface area (Å²) in [5, 5.41) is 9.31. The van der Waals surface area contributed by atoms with Crippen molar-refractivity contribution < 1.29 is 27.9 Å². The second-order valence-corrected chi connectivity index (χ2v) is 9.22. The number of carbonyl (C=O) groups is 2. The highest BCUT2D eigenvalue weighted by Crippen LogP contribution is 2.43. The van der Waals surface area contributed by atoms with Gasteiger partial charge < -0.3 is 15.6 Å². The third-order valence-electron chi connectivity index (χ3n) is 4.84. The van der Waals surface area contributed by atoms with E-state index >= 15 is 0 Å². The summed E-state index contributed by atoms with van der Waals surface area (Å²) in [6.07, 6.45) is 0.104. The molecule has 0 aromatic heterocycles. The van der Waals surface area contributed by atoms with Gasteiger partial charge in [0.25, 0.3) is 0 Å². The van der Waals surface area contributed by atoms with Gasteiger partial charge in [-0.15, -0.1) is 0 Å². The number of aliphatic carboxylic acids is 1. The Hall–Kier alpha value is -2.13. The molecule has 1 amide bonds. The number of hydrogen-bond donors (Lipinski definition) is 3. The molecule has 9 heteroatoms. The van der Waals surface area contributed by atoms with Gasteiger partial charge >= 0.3 is 5.97 Å². The summed E-state index contributed by atoms with van der Waals surface area (Å²) in [4.78, 5) is 22.4. The molecule has 1 aliphatic rings. The molecular formula is C18H26N2O6S. The molecule has 0 saturated carbocycles. The predicted octanol–water partition coefficient (Wildman–Crippen LogP) is 1.32. The Morgan fingerprint density at radius 1 is 1.22 bits per heavy atom. The number of amides is 1. The first kappa shape index (κ1) is 21.2. The Bertz CT molecular complexity index is 905. The van der Waals surface area contributed by atoms with Crippen LogP contribution in [-0.4, -0.2) is 37.0 Å². The van der Waals surface area contributed by atoms with E-state index in [-0.39, 0.29) is 17.7 Å². The van der Waals surface area contributed by atoms with E-state index in [1.165, 1.54) is 0 Å². The SMILES string of the molecule is Cc1c(C)c(S(=O)(=O)N[C@@H](CCC(N)=O)C(=O)O)c(C)c2c1OC(C)(C)C2. The lowest BCUT2D eigenvalue weighted by Gasteiger charge is -2.20. The second-order valence-electron chi connectivity index (χ2n) is 7.57. The van der Waals surface area contributed by atoms with Crippen molar-refractivity contribution in [3.63, 3.8) is 0 Å². The summed E-state index contributed by atoms with van der Waals surface area (Å²) >= 11 is 0. The van der Waals surface area contributed by atoms with Crippen LogP contribution in [0.4, 0.5) is 0 Å². The highest BCUT2D eigenvalue weighted by atomic mass is 32.2. The number of carboxylic acid groups (broad SMARTS) is 1. The minimum atomic E-state index is -4.13. The molecule has 8 nitrogen and oxygen atoms in total. The molecule has 2 rings (SSSR count). The van der Waals surface area contributed by atoms with Crippen molar-refractivity contribution in [2.75, 3.05) is 0 Å². The van der Waals surface area contributed by atoms with Crippen molar-refractivity contribution in [3.05, 3.63) is 22.3 Å². The van der Waals surface area contributed by atoms with Crippen molar-refractivity contribution in [3.8, 4) is 5.75 Å². The van der Waals surface area contributed by atoms with E-state index in [1.54, 1.807) is 20.8 Å². The van der Waals surface area contributed by atoms with E-state index in [0.29, 0.717) is 28.9 Å². The van der Waals surface area contributed by atoms with E-state index in [2.05, 4.69) is 4.72 Å². The van der Waals surface area contributed by atoms with Gasteiger partial charge in [0.1, 0.15) is 17.4 Å². The number of ether oxygens (including phenoxy) is 1. The monoisotopic (exact) mass is 398 g/mol. The Morgan fingerprint density at radius 2 is 1.81 bits per heavy atom. The molecule has 1 aromatic rings. The number of rotatable bonds is 7. The second kappa shape index (κ2) is 7.12. The Kier molecular flexibility index (Phi) is 5.58. The van der Waals surface area contributed by atoms with Gasteiger partial charge in [0.2, 0.25) is 15.9 Å². The number of nitrogens with one attached hydrogen (secondary N) is 1. The topological polar surface area (TPSA) is 136 Å². The summed E-state index contributed by atoms with van der Waals surface area (Å²) in [6, 6.07) is -1.44. The highest BCUT2D eigenvalue weighted by molar-refractivity contribution is 7.89. The minimum absolute atomic E-state index is 0.0605. The Balaban J connectivity index is 2.49. The van der Waals surface area contributed by atoms with Crippen LogP contribution in [0.3, 0.4) is 0 Å². The Labute approximate surface area is 159 Å². The molecule has 0 unspecified atom stereocenters. The number of benzene rings is 1. The van der Waals surface area contributed by atoms with Gasteiger partial charge in [-0.3, -0.25) is 9.59 Å². The largest absolute Gasteiger partial charge is 0.487 e. The molecule has 0 saturated heterocycles. The molecule has 1 heterocycles. The number of sulfonamides is 1. The summed E-state index contributed by atoms with van der Waals surface area (Å²) < 4.78 is 34.2. The number of carboxylic acids is 1. The Morgan fingerprint density at radius 3 is 2.33 bits per heavy atom. The zero-order valence-electron chi connectivity index (χ0n) is 16.2. The summed E-state index contributed by atoms with van der Waals surface area (Å²) in [7, 11) is -4.13. The van der Waals surface area contributed by atoms with E-state index in [4.69, 9.17) is 10.5 Å². The van der Waals surface area contributed by atoms with Crippen molar-refractivity contribution in [1.29, 1.82) is 0 Å². The van der Waals surface area contributed by atoms with Gasteiger partial charge in [-0.25, -0.2) is 8.42 Å². The van der Waals surface area contributed by atoms with Crippen LogP contribution in [-0.2, 0) is 26.0 Å². The fraction of sp³-hybridized carbons (Fsp3) is 0.556. The molecule has 1 aliphatic heterocycles. The summed E-state index contributed by atoms with van der Waals surface area (Å²) in [5.74, 6) is -1.37. The molecule has 1 aromatic carbocycles. The first-order chi connectivity index (χ1) is 12.3. The first-order valence-electron chi connectivity index (χ1n) is 8.62. The normalized spacial score (nSPS) is 16.5. The number of hydrogen-bond acceptors (Lipinski definition) is 5.